The molecular weight excluding hydrogens is 340 g/mol. The van der Waals surface area contributed by atoms with Crippen molar-refractivity contribution in [3.63, 3.8) is 0 Å². The van der Waals surface area contributed by atoms with Crippen LogP contribution in [-0.4, -0.2) is 40.0 Å². The number of benzene rings is 1. The van der Waals surface area contributed by atoms with Gasteiger partial charge in [0.25, 0.3) is 0 Å². The molecule has 0 aromatic heterocycles. The Hall–Kier alpha value is -1.60. The zero-order valence-corrected chi connectivity index (χ0v) is 15.6. The van der Waals surface area contributed by atoms with Crippen molar-refractivity contribution in [2.45, 2.75) is 50.0 Å². The van der Waals surface area contributed by atoms with Crippen molar-refractivity contribution in [1.82, 2.24) is 5.32 Å². The van der Waals surface area contributed by atoms with Crippen molar-refractivity contribution < 1.29 is 17.9 Å². The van der Waals surface area contributed by atoms with Crippen LogP contribution in [-0.2, 0) is 14.6 Å². The fraction of sp³-hybridized carbons (Fsp3) is 0.611. The average molecular weight is 366 g/mol. The second-order valence-corrected chi connectivity index (χ2v) is 9.25. The third kappa shape index (κ3) is 3.98. The van der Waals surface area contributed by atoms with Gasteiger partial charge in [0, 0.05) is 31.2 Å². The van der Waals surface area contributed by atoms with Crippen LogP contribution in [0.25, 0.3) is 0 Å². The topological polar surface area (TPSA) is 84.5 Å². The van der Waals surface area contributed by atoms with Crippen molar-refractivity contribution in [2.75, 3.05) is 24.8 Å². The van der Waals surface area contributed by atoms with E-state index >= 15 is 0 Å². The van der Waals surface area contributed by atoms with Crippen LogP contribution in [0, 0.1) is 12.3 Å². The Labute approximate surface area is 149 Å². The summed E-state index contributed by atoms with van der Waals surface area (Å²) in [6.45, 7) is 3.27. The number of amides is 2. The lowest BCUT2D eigenvalue weighted by molar-refractivity contribution is 0.00652. The van der Waals surface area contributed by atoms with Crippen LogP contribution < -0.4 is 10.6 Å². The fourth-order valence-electron chi connectivity index (χ4n) is 4.21. The van der Waals surface area contributed by atoms with E-state index in [1.165, 1.54) is 12.3 Å². The molecule has 25 heavy (non-hydrogen) atoms. The quantitative estimate of drug-likeness (QED) is 0.861. The average Bonchev–Trinajstić information content (AvgIpc) is 2.88. The van der Waals surface area contributed by atoms with Gasteiger partial charge in [-0.3, -0.25) is 0 Å². The fourth-order valence-corrected chi connectivity index (χ4v) is 5.17. The van der Waals surface area contributed by atoms with E-state index in [0.29, 0.717) is 11.3 Å². The minimum atomic E-state index is -3.26. The molecule has 6 nitrogen and oxygen atoms in total. The number of rotatable bonds is 3. The van der Waals surface area contributed by atoms with Crippen LogP contribution in [0.2, 0.25) is 0 Å². The van der Waals surface area contributed by atoms with E-state index in [9.17, 15) is 13.2 Å². The normalized spacial score (nSPS) is 22.7. The highest BCUT2D eigenvalue weighted by atomic mass is 32.2. The van der Waals surface area contributed by atoms with Crippen LogP contribution in [0.3, 0.4) is 0 Å². The Bertz CT molecular complexity index is 754. The number of carbonyl (C=O) groups excluding carboxylic acids is 1. The number of sulfone groups is 1. The monoisotopic (exact) mass is 366 g/mol. The third-order valence-electron chi connectivity index (χ3n) is 5.53. The van der Waals surface area contributed by atoms with E-state index in [1.54, 1.807) is 19.1 Å². The molecule has 2 amide bonds. The molecule has 1 heterocycles. The van der Waals surface area contributed by atoms with E-state index in [2.05, 4.69) is 10.6 Å². The van der Waals surface area contributed by atoms with Crippen molar-refractivity contribution in [1.29, 1.82) is 0 Å². The van der Waals surface area contributed by atoms with Crippen LogP contribution in [0.15, 0.2) is 23.1 Å². The second-order valence-electron chi connectivity index (χ2n) is 7.27. The zero-order valence-electron chi connectivity index (χ0n) is 14.8. The summed E-state index contributed by atoms with van der Waals surface area (Å²) in [6, 6.07) is 4.80. The summed E-state index contributed by atoms with van der Waals surface area (Å²) >= 11 is 0. The van der Waals surface area contributed by atoms with Crippen molar-refractivity contribution in [3.8, 4) is 0 Å². The molecule has 1 atom stereocenters. The first-order valence-electron chi connectivity index (χ1n) is 8.76. The molecule has 1 aliphatic heterocycles. The van der Waals surface area contributed by atoms with Crippen LogP contribution >= 0.6 is 0 Å². The molecule has 1 spiro atoms. The van der Waals surface area contributed by atoms with Gasteiger partial charge in [0.15, 0.2) is 9.84 Å². The van der Waals surface area contributed by atoms with Gasteiger partial charge in [-0.25, -0.2) is 13.2 Å². The summed E-state index contributed by atoms with van der Waals surface area (Å²) in [5.41, 5.74) is 1.40. The lowest BCUT2D eigenvalue weighted by Crippen LogP contribution is -2.48. The number of ether oxygens (including phenoxy) is 1. The number of urea groups is 1. The molecule has 7 heteroatoms. The number of carbonyl (C=O) groups is 1. The maximum atomic E-state index is 12.4. The molecule has 2 aliphatic rings. The zero-order chi connectivity index (χ0) is 18.1. The molecule has 2 fully saturated rings. The first kappa shape index (κ1) is 18.2. The number of anilines is 1. The number of nitrogens with one attached hydrogen (secondary N) is 2. The van der Waals surface area contributed by atoms with Crippen molar-refractivity contribution >= 4 is 21.6 Å². The highest BCUT2D eigenvalue weighted by molar-refractivity contribution is 7.90. The highest BCUT2D eigenvalue weighted by Gasteiger charge is 2.44. The molecule has 3 rings (SSSR count). The number of aryl methyl sites for hydroxylation is 1. The summed E-state index contributed by atoms with van der Waals surface area (Å²) in [6.07, 6.45) is 6.46. The predicted octanol–water partition coefficient (Wildman–Crippen LogP) is 2.87. The Morgan fingerprint density at radius 1 is 1.24 bits per heavy atom. The van der Waals surface area contributed by atoms with Gasteiger partial charge >= 0.3 is 6.03 Å². The van der Waals surface area contributed by atoms with E-state index in [4.69, 9.17) is 4.74 Å². The molecule has 1 saturated carbocycles. The molecule has 1 saturated heterocycles. The minimum Gasteiger partial charge on any atom is -0.381 e. The van der Waals surface area contributed by atoms with Gasteiger partial charge in [0.2, 0.25) is 0 Å². The van der Waals surface area contributed by atoms with Crippen LogP contribution in [0.1, 0.15) is 37.7 Å². The first-order valence-corrected chi connectivity index (χ1v) is 10.7. The van der Waals surface area contributed by atoms with E-state index in [-0.39, 0.29) is 22.4 Å². The molecule has 1 unspecified atom stereocenters. The van der Waals surface area contributed by atoms with E-state index in [1.807, 2.05) is 0 Å². The molecule has 1 aromatic rings. The SMILES string of the molecule is Cc1cc(NC(=O)NC2CCCC23CCOCC3)ccc1S(C)(=O)=O. The summed E-state index contributed by atoms with van der Waals surface area (Å²) in [4.78, 5) is 12.7. The molecule has 0 radical (unpaired) electrons. The summed E-state index contributed by atoms with van der Waals surface area (Å²) in [7, 11) is -3.26. The Kier molecular flexibility index (Phi) is 5.06. The minimum absolute atomic E-state index is 0.172. The van der Waals surface area contributed by atoms with Crippen LogP contribution in [0.4, 0.5) is 10.5 Å². The van der Waals surface area contributed by atoms with Gasteiger partial charge in [0.1, 0.15) is 0 Å². The second kappa shape index (κ2) is 6.96. The van der Waals surface area contributed by atoms with Gasteiger partial charge < -0.3 is 15.4 Å². The number of hydrogen-bond acceptors (Lipinski definition) is 4. The molecule has 1 aliphatic carbocycles. The maximum Gasteiger partial charge on any atom is 0.319 e. The van der Waals surface area contributed by atoms with Gasteiger partial charge in [-0.15, -0.1) is 0 Å². The largest absolute Gasteiger partial charge is 0.381 e. The highest BCUT2D eigenvalue weighted by Crippen LogP contribution is 2.45. The molecule has 2 N–H and O–H groups in total. The predicted molar refractivity (Wildman–Crippen MR) is 96.6 cm³/mol. The van der Waals surface area contributed by atoms with Crippen LogP contribution in [0.5, 0.6) is 0 Å². The standard InChI is InChI=1S/C18H26N2O4S/c1-13-12-14(5-6-15(13)25(2,22)23)19-17(21)20-16-4-3-7-18(16)8-10-24-11-9-18/h5-6,12,16H,3-4,7-11H2,1-2H3,(H2,19,20,21). The summed E-state index contributed by atoms with van der Waals surface area (Å²) in [5, 5.41) is 5.96. The van der Waals surface area contributed by atoms with E-state index < -0.39 is 9.84 Å². The number of hydrogen-bond donors (Lipinski definition) is 2. The van der Waals surface area contributed by atoms with Gasteiger partial charge in [-0.1, -0.05) is 6.42 Å². The first-order chi connectivity index (χ1) is 11.8. The molecule has 138 valence electrons. The molecule has 0 bridgehead atoms. The molecule has 1 aromatic carbocycles. The lowest BCUT2D eigenvalue weighted by atomic mass is 9.75. The van der Waals surface area contributed by atoms with Gasteiger partial charge in [0.05, 0.1) is 4.90 Å². The van der Waals surface area contributed by atoms with Crippen molar-refractivity contribution in [2.24, 2.45) is 5.41 Å². The Balaban J connectivity index is 1.66. The van der Waals surface area contributed by atoms with Gasteiger partial charge in [-0.05, 0) is 61.8 Å². The smallest absolute Gasteiger partial charge is 0.319 e. The summed E-state index contributed by atoms with van der Waals surface area (Å²) < 4.78 is 28.8. The van der Waals surface area contributed by atoms with E-state index in [0.717, 1.165) is 45.3 Å². The van der Waals surface area contributed by atoms with Gasteiger partial charge in [-0.2, -0.15) is 0 Å². The lowest BCUT2D eigenvalue weighted by Gasteiger charge is -2.39. The van der Waals surface area contributed by atoms with Crippen molar-refractivity contribution in [3.05, 3.63) is 23.8 Å². The summed E-state index contributed by atoms with van der Waals surface area (Å²) in [5.74, 6) is 0. The maximum absolute atomic E-state index is 12.4. The third-order valence-corrected chi connectivity index (χ3v) is 6.79. The Morgan fingerprint density at radius 3 is 2.60 bits per heavy atom. The molecular formula is C18H26N2O4S. The Morgan fingerprint density at radius 2 is 1.96 bits per heavy atom.